The fraction of sp³-hybridized carbons (Fsp3) is 1.00. The molecule has 0 aromatic heterocycles. The van der Waals surface area contributed by atoms with E-state index in [1.54, 1.807) is 0 Å². The number of likely N-dealkylation sites (tertiary alicyclic amines) is 1. The maximum Gasteiger partial charge on any atom is 0.0217 e. The Morgan fingerprint density at radius 2 is 2.00 bits per heavy atom. The van der Waals surface area contributed by atoms with Gasteiger partial charge in [-0.05, 0) is 39.4 Å². The van der Waals surface area contributed by atoms with Crippen LogP contribution in [0.1, 0.15) is 26.2 Å². The van der Waals surface area contributed by atoms with Crippen LogP contribution >= 0.6 is 0 Å². The minimum Gasteiger partial charge on any atom is -0.318 e. The van der Waals surface area contributed by atoms with Crippen molar-refractivity contribution in [2.75, 3.05) is 26.7 Å². The molecule has 0 saturated carbocycles. The number of nitrogens with zero attached hydrogens (tertiary/aromatic N) is 1. The first-order valence-electron chi connectivity index (χ1n) is 4.77. The second-order valence-electron chi connectivity index (χ2n) is 3.36. The molecule has 1 unspecified atom stereocenters. The van der Waals surface area contributed by atoms with Gasteiger partial charge in [-0.1, -0.05) is 6.92 Å². The average Bonchev–Trinajstić information content (AvgIpc) is 2.52. The molecule has 2 heteroatoms. The predicted molar refractivity (Wildman–Crippen MR) is 48.8 cm³/mol. The summed E-state index contributed by atoms with van der Waals surface area (Å²) in [6.45, 7) is 6.07. The molecular weight excluding hydrogens is 136 g/mol. The first kappa shape index (κ1) is 9.01. The zero-order valence-corrected chi connectivity index (χ0v) is 7.77. The van der Waals surface area contributed by atoms with Crippen LogP contribution in [-0.4, -0.2) is 37.6 Å². The first-order valence-corrected chi connectivity index (χ1v) is 4.77. The van der Waals surface area contributed by atoms with Crippen LogP contribution in [-0.2, 0) is 0 Å². The number of likely N-dealkylation sites (N-methyl/N-ethyl adjacent to an activating group) is 1. The van der Waals surface area contributed by atoms with E-state index in [0.29, 0.717) is 0 Å². The molecule has 1 N–H and O–H groups in total. The highest BCUT2D eigenvalue weighted by Crippen LogP contribution is 2.12. The van der Waals surface area contributed by atoms with Crippen LogP contribution in [0.15, 0.2) is 0 Å². The van der Waals surface area contributed by atoms with E-state index in [1.165, 1.54) is 32.4 Å². The highest BCUT2D eigenvalue weighted by atomic mass is 15.2. The topological polar surface area (TPSA) is 15.3 Å². The Labute approximate surface area is 70.0 Å². The van der Waals surface area contributed by atoms with Crippen molar-refractivity contribution in [1.29, 1.82) is 0 Å². The summed E-state index contributed by atoms with van der Waals surface area (Å²) in [5.41, 5.74) is 0. The lowest BCUT2D eigenvalue weighted by Crippen LogP contribution is -2.39. The summed E-state index contributed by atoms with van der Waals surface area (Å²) < 4.78 is 0. The molecule has 2 nitrogen and oxygen atoms in total. The van der Waals surface area contributed by atoms with Gasteiger partial charge in [-0.15, -0.1) is 0 Å². The average molecular weight is 156 g/mol. The summed E-state index contributed by atoms with van der Waals surface area (Å²) in [5.74, 6) is 0. The Balaban J connectivity index is 2.27. The zero-order chi connectivity index (χ0) is 8.10. The van der Waals surface area contributed by atoms with Gasteiger partial charge in [0.05, 0.1) is 0 Å². The fourth-order valence-electron chi connectivity index (χ4n) is 1.87. The van der Waals surface area contributed by atoms with Crippen molar-refractivity contribution in [3.8, 4) is 0 Å². The highest BCUT2D eigenvalue weighted by Gasteiger charge is 2.18. The van der Waals surface area contributed by atoms with E-state index < -0.39 is 0 Å². The van der Waals surface area contributed by atoms with Crippen LogP contribution in [0.2, 0.25) is 0 Å². The Hall–Kier alpha value is -0.0800. The summed E-state index contributed by atoms with van der Waals surface area (Å²) >= 11 is 0. The second kappa shape index (κ2) is 4.73. The molecule has 1 aliphatic heterocycles. The molecule has 66 valence electrons. The third-order valence-electron chi connectivity index (χ3n) is 2.57. The monoisotopic (exact) mass is 156 g/mol. The van der Waals surface area contributed by atoms with Crippen LogP contribution < -0.4 is 5.32 Å². The van der Waals surface area contributed by atoms with Gasteiger partial charge >= 0.3 is 0 Å². The van der Waals surface area contributed by atoms with Gasteiger partial charge in [-0.25, -0.2) is 0 Å². The van der Waals surface area contributed by atoms with Crippen LogP contribution in [0, 0.1) is 0 Å². The molecule has 0 spiro atoms. The van der Waals surface area contributed by atoms with Crippen molar-refractivity contribution < 1.29 is 0 Å². The molecule has 0 radical (unpaired) electrons. The Kier molecular flexibility index (Phi) is 3.87. The molecule has 0 bridgehead atoms. The van der Waals surface area contributed by atoms with E-state index >= 15 is 0 Å². The van der Waals surface area contributed by atoms with Gasteiger partial charge in [0.2, 0.25) is 0 Å². The minimum absolute atomic E-state index is 0.780. The normalized spacial score (nSPS) is 22.4. The summed E-state index contributed by atoms with van der Waals surface area (Å²) in [6, 6.07) is 0.780. The number of hydrogen-bond acceptors (Lipinski definition) is 2. The van der Waals surface area contributed by atoms with Gasteiger partial charge in [0.25, 0.3) is 0 Å². The van der Waals surface area contributed by atoms with Crippen LogP contribution in [0.5, 0.6) is 0 Å². The Morgan fingerprint density at radius 1 is 1.36 bits per heavy atom. The lowest BCUT2D eigenvalue weighted by Gasteiger charge is -2.25. The number of hydrogen-bond donors (Lipinski definition) is 1. The smallest absolute Gasteiger partial charge is 0.0217 e. The van der Waals surface area contributed by atoms with Crippen molar-refractivity contribution in [3.63, 3.8) is 0 Å². The summed E-state index contributed by atoms with van der Waals surface area (Å²) in [6.07, 6.45) is 4.08. The van der Waals surface area contributed by atoms with Crippen molar-refractivity contribution in [2.45, 2.75) is 32.2 Å². The van der Waals surface area contributed by atoms with Gasteiger partial charge in [0.1, 0.15) is 0 Å². The van der Waals surface area contributed by atoms with E-state index in [0.717, 1.165) is 12.6 Å². The van der Waals surface area contributed by atoms with Crippen LogP contribution in [0.3, 0.4) is 0 Å². The molecule has 1 saturated heterocycles. The lowest BCUT2D eigenvalue weighted by atomic mass is 10.2. The maximum absolute atomic E-state index is 3.25. The SMILES string of the molecule is CCC(CNC)N1CCCC1. The summed E-state index contributed by atoms with van der Waals surface area (Å²) in [4.78, 5) is 2.61. The molecule has 0 aliphatic carbocycles. The molecule has 1 rings (SSSR count). The van der Waals surface area contributed by atoms with Crippen molar-refractivity contribution in [2.24, 2.45) is 0 Å². The van der Waals surface area contributed by atoms with Crippen molar-refractivity contribution in [3.05, 3.63) is 0 Å². The van der Waals surface area contributed by atoms with Crippen molar-refractivity contribution in [1.82, 2.24) is 10.2 Å². The van der Waals surface area contributed by atoms with Gasteiger partial charge < -0.3 is 5.32 Å². The molecule has 0 aromatic carbocycles. The van der Waals surface area contributed by atoms with Gasteiger partial charge in [0.15, 0.2) is 0 Å². The molecule has 1 aliphatic rings. The Bertz CT molecular complexity index is 97.7. The quantitative estimate of drug-likeness (QED) is 0.655. The molecule has 1 fully saturated rings. The van der Waals surface area contributed by atoms with E-state index in [9.17, 15) is 0 Å². The van der Waals surface area contributed by atoms with E-state index in [-0.39, 0.29) is 0 Å². The van der Waals surface area contributed by atoms with Crippen molar-refractivity contribution >= 4 is 0 Å². The molecule has 11 heavy (non-hydrogen) atoms. The highest BCUT2D eigenvalue weighted by molar-refractivity contribution is 4.76. The first-order chi connectivity index (χ1) is 5.38. The standard InChI is InChI=1S/C9H20N2/c1-3-9(8-10-2)11-6-4-5-7-11/h9-10H,3-8H2,1-2H3. The second-order valence-corrected chi connectivity index (χ2v) is 3.36. The van der Waals surface area contributed by atoms with Crippen LogP contribution in [0.4, 0.5) is 0 Å². The predicted octanol–water partition coefficient (Wildman–Crippen LogP) is 1.08. The van der Waals surface area contributed by atoms with Gasteiger partial charge in [0, 0.05) is 12.6 Å². The Morgan fingerprint density at radius 3 is 2.45 bits per heavy atom. The third-order valence-corrected chi connectivity index (χ3v) is 2.57. The number of rotatable bonds is 4. The largest absolute Gasteiger partial charge is 0.318 e. The van der Waals surface area contributed by atoms with E-state index in [2.05, 4.69) is 17.1 Å². The molecule has 0 aromatic rings. The summed E-state index contributed by atoms with van der Waals surface area (Å²) in [5, 5.41) is 3.25. The molecule has 1 heterocycles. The lowest BCUT2D eigenvalue weighted by molar-refractivity contribution is 0.233. The molecule has 0 amide bonds. The third kappa shape index (κ3) is 2.46. The fourth-order valence-corrected chi connectivity index (χ4v) is 1.87. The summed E-state index contributed by atoms with van der Waals surface area (Å²) in [7, 11) is 2.04. The van der Waals surface area contributed by atoms with Gasteiger partial charge in [-0.2, -0.15) is 0 Å². The molecule has 1 atom stereocenters. The van der Waals surface area contributed by atoms with E-state index in [1.807, 2.05) is 7.05 Å². The zero-order valence-electron chi connectivity index (χ0n) is 7.77. The maximum atomic E-state index is 3.25. The minimum atomic E-state index is 0.780. The number of nitrogens with one attached hydrogen (secondary N) is 1. The molecular formula is C9H20N2. The van der Waals surface area contributed by atoms with Crippen LogP contribution in [0.25, 0.3) is 0 Å². The van der Waals surface area contributed by atoms with Gasteiger partial charge in [-0.3, -0.25) is 4.90 Å². The van der Waals surface area contributed by atoms with E-state index in [4.69, 9.17) is 0 Å².